The Morgan fingerprint density at radius 2 is 1.76 bits per heavy atom. The molecule has 0 bridgehead atoms. The molecule has 5 aromatic rings. The molecule has 0 unspecified atom stereocenters. The molecular weight excluding hydrogens is 426 g/mol. The smallest absolute Gasteiger partial charge is 0.140 e. The normalized spacial score (nSPS) is 15.1. The number of hydrogen-bond donors (Lipinski definition) is 0. The summed E-state index contributed by atoms with van der Waals surface area (Å²) in [5.74, 6) is 0. The summed E-state index contributed by atoms with van der Waals surface area (Å²) >= 11 is 1.73. The zero-order valence-electron chi connectivity index (χ0n) is 19.1. The minimum atomic E-state index is 0.993. The molecule has 0 saturated carbocycles. The number of aromatic nitrogens is 4. The van der Waals surface area contributed by atoms with E-state index in [1.807, 2.05) is 19.3 Å². The summed E-state index contributed by atoms with van der Waals surface area (Å²) in [5, 5.41) is 5.70. The van der Waals surface area contributed by atoms with E-state index in [-0.39, 0.29) is 0 Å². The molecule has 6 heteroatoms. The van der Waals surface area contributed by atoms with Crippen molar-refractivity contribution in [3.8, 4) is 21.8 Å². The van der Waals surface area contributed by atoms with Gasteiger partial charge in [-0.3, -0.25) is 0 Å². The maximum Gasteiger partial charge on any atom is 0.140 e. The molecule has 6 rings (SSSR count). The number of fused-ring (bicyclic) bond motifs is 2. The average Bonchev–Trinajstić information content (AvgIpc) is 3.56. The van der Waals surface area contributed by atoms with Gasteiger partial charge in [0, 0.05) is 65.0 Å². The lowest BCUT2D eigenvalue weighted by Gasteiger charge is -2.26. The molecule has 0 radical (unpaired) electrons. The van der Waals surface area contributed by atoms with Gasteiger partial charge in [0.2, 0.25) is 0 Å². The first-order valence-electron chi connectivity index (χ1n) is 11.9. The summed E-state index contributed by atoms with van der Waals surface area (Å²) in [6.07, 6.45) is 11.6. The van der Waals surface area contributed by atoms with Crippen LogP contribution >= 0.6 is 11.3 Å². The Morgan fingerprint density at radius 1 is 0.909 bits per heavy atom. The van der Waals surface area contributed by atoms with Crippen LogP contribution < -0.4 is 0 Å². The third-order valence-electron chi connectivity index (χ3n) is 6.85. The van der Waals surface area contributed by atoms with Crippen molar-refractivity contribution in [3.63, 3.8) is 0 Å². The SMILES string of the molecule is Cn1cc(-c2csc(-c3cn(CCCN4CCCCC4)c4ccccc34)n2)c2cccnc21. The van der Waals surface area contributed by atoms with Gasteiger partial charge in [-0.1, -0.05) is 24.6 Å². The van der Waals surface area contributed by atoms with E-state index in [9.17, 15) is 0 Å². The fourth-order valence-corrected chi connectivity index (χ4v) is 6.03. The summed E-state index contributed by atoms with van der Waals surface area (Å²) in [4.78, 5) is 12.2. The number of aryl methyl sites for hydroxylation is 2. The molecule has 4 aromatic heterocycles. The number of para-hydroxylation sites is 1. The monoisotopic (exact) mass is 455 g/mol. The minimum Gasteiger partial charge on any atom is -0.347 e. The highest BCUT2D eigenvalue weighted by Gasteiger charge is 2.17. The summed E-state index contributed by atoms with van der Waals surface area (Å²) < 4.78 is 4.51. The van der Waals surface area contributed by atoms with E-state index in [1.165, 1.54) is 61.8 Å². The lowest BCUT2D eigenvalue weighted by atomic mass is 10.1. The first-order chi connectivity index (χ1) is 16.3. The number of likely N-dealkylation sites (tertiary alicyclic amines) is 1. The van der Waals surface area contributed by atoms with Crippen LogP contribution in [0.3, 0.4) is 0 Å². The molecule has 0 atom stereocenters. The maximum atomic E-state index is 5.09. The third kappa shape index (κ3) is 3.87. The van der Waals surface area contributed by atoms with Gasteiger partial charge in [-0.05, 0) is 57.1 Å². The fraction of sp³-hybridized carbons (Fsp3) is 0.333. The van der Waals surface area contributed by atoms with Crippen LogP contribution in [-0.4, -0.2) is 43.6 Å². The van der Waals surface area contributed by atoms with E-state index >= 15 is 0 Å². The Hall–Kier alpha value is -2.96. The number of benzene rings is 1. The number of nitrogens with zero attached hydrogens (tertiary/aromatic N) is 5. The summed E-state index contributed by atoms with van der Waals surface area (Å²) in [6.45, 7) is 4.77. The van der Waals surface area contributed by atoms with Crippen LogP contribution in [0.4, 0.5) is 0 Å². The maximum absolute atomic E-state index is 5.09. The topological polar surface area (TPSA) is 38.9 Å². The predicted octanol–water partition coefficient (Wildman–Crippen LogP) is 6.19. The van der Waals surface area contributed by atoms with E-state index in [0.29, 0.717) is 0 Å². The highest BCUT2D eigenvalue weighted by Crippen LogP contribution is 2.37. The van der Waals surface area contributed by atoms with Crippen LogP contribution in [0.15, 0.2) is 60.4 Å². The standard InChI is InChI=1S/C27H29N5S/c1-30-17-22(21-10-7-12-28-26(21)30)24-19-33-27(29-24)23-18-32(25-11-4-3-9-20(23)25)16-8-15-31-13-5-2-6-14-31/h3-4,7,9-12,17-19H,2,5-6,8,13-16H2,1H3. The lowest BCUT2D eigenvalue weighted by Crippen LogP contribution is -2.31. The largest absolute Gasteiger partial charge is 0.347 e. The molecular formula is C27H29N5S. The van der Waals surface area contributed by atoms with Crippen molar-refractivity contribution in [2.24, 2.45) is 7.05 Å². The second kappa shape index (κ2) is 8.76. The molecule has 1 fully saturated rings. The van der Waals surface area contributed by atoms with Gasteiger partial charge in [0.05, 0.1) is 5.69 Å². The van der Waals surface area contributed by atoms with Crippen LogP contribution in [-0.2, 0) is 13.6 Å². The molecule has 0 N–H and O–H groups in total. The van der Waals surface area contributed by atoms with Crippen molar-refractivity contribution in [2.45, 2.75) is 32.2 Å². The molecule has 1 aromatic carbocycles. The highest BCUT2D eigenvalue weighted by molar-refractivity contribution is 7.13. The van der Waals surface area contributed by atoms with Gasteiger partial charge in [0.1, 0.15) is 10.7 Å². The zero-order valence-corrected chi connectivity index (χ0v) is 19.9. The number of pyridine rings is 1. The van der Waals surface area contributed by atoms with Crippen LogP contribution in [0.2, 0.25) is 0 Å². The van der Waals surface area contributed by atoms with E-state index < -0.39 is 0 Å². The van der Waals surface area contributed by atoms with Gasteiger partial charge >= 0.3 is 0 Å². The number of rotatable bonds is 6. The Morgan fingerprint density at radius 3 is 2.67 bits per heavy atom. The van der Waals surface area contributed by atoms with E-state index in [0.717, 1.165) is 33.8 Å². The second-order valence-corrected chi connectivity index (χ2v) is 9.93. The van der Waals surface area contributed by atoms with Crippen molar-refractivity contribution >= 4 is 33.3 Å². The Bertz CT molecular complexity index is 1400. The summed E-state index contributed by atoms with van der Waals surface area (Å²) in [5.41, 5.74) is 5.70. The molecule has 5 heterocycles. The van der Waals surface area contributed by atoms with E-state index in [4.69, 9.17) is 4.98 Å². The van der Waals surface area contributed by atoms with Gasteiger partial charge in [-0.2, -0.15) is 0 Å². The van der Waals surface area contributed by atoms with Crippen LogP contribution in [0.1, 0.15) is 25.7 Å². The van der Waals surface area contributed by atoms with Crippen molar-refractivity contribution in [1.82, 2.24) is 24.0 Å². The Labute approximate surface area is 198 Å². The third-order valence-corrected chi connectivity index (χ3v) is 7.73. The van der Waals surface area contributed by atoms with Crippen molar-refractivity contribution < 1.29 is 0 Å². The van der Waals surface area contributed by atoms with Crippen LogP contribution in [0.25, 0.3) is 43.8 Å². The molecule has 0 spiro atoms. The van der Waals surface area contributed by atoms with Gasteiger partial charge < -0.3 is 14.0 Å². The number of thiazole rings is 1. The minimum absolute atomic E-state index is 0.993. The Balaban J connectivity index is 1.30. The molecule has 0 amide bonds. The van der Waals surface area contributed by atoms with Crippen molar-refractivity contribution in [3.05, 3.63) is 60.4 Å². The second-order valence-electron chi connectivity index (χ2n) is 9.08. The molecule has 5 nitrogen and oxygen atoms in total. The van der Waals surface area contributed by atoms with Gasteiger partial charge in [0.25, 0.3) is 0 Å². The first-order valence-corrected chi connectivity index (χ1v) is 12.8. The molecule has 1 aliphatic rings. The number of piperidine rings is 1. The quantitative estimate of drug-likeness (QED) is 0.306. The van der Waals surface area contributed by atoms with Crippen molar-refractivity contribution in [2.75, 3.05) is 19.6 Å². The summed E-state index contributed by atoms with van der Waals surface area (Å²) in [6, 6.07) is 12.9. The lowest BCUT2D eigenvalue weighted by molar-refractivity contribution is 0.223. The molecule has 1 aliphatic heterocycles. The fourth-order valence-electron chi connectivity index (χ4n) is 5.19. The number of hydrogen-bond acceptors (Lipinski definition) is 4. The molecule has 0 aliphatic carbocycles. The predicted molar refractivity (Wildman–Crippen MR) is 138 cm³/mol. The molecule has 1 saturated heterocycles. The van der Waals surface area contributed by atoms with Gasteiger partial charge in [0.15, 0.2) is 0 Å². The van der Waals surface area contributed by atoms with E-state index in [2.05, 4.69) is 67.1 Å². The van der Waals surface area contributed by atoms with Crippen LogP contribution in [0.5, 0.6) is 0 Å². The van der Waals surface area contributed by atoms with Crippen LogP contribution in [0, 0.1) is 0 Å². The van der Waals surface area contributed by atoms with Crippen molar-refractivity contribution in [1.29, 1.82) is 0 Å². The Kier molecular flexibility index (Phi) is 5.48. The molecule has 168 valence electrons. The average molecular weight is 456 g/mol. The van der Waals surface area contributed by atoms with Gasteiger partial charge in [-0.25, -0.2) is 9.97 Å². The highest BCUT2D eigenvalue weighted by atomic mass is 32.1. The molecule has 33 heavy (non-hydrogen) atoms. The van der Waals surface area contributed by atoms with Gasteiger partial charge in [-0.15, -0.1) is 11.3 Å². The summed E-state index contributed by atoms with van der Waals surface area (Å²) in [7, 11) is 2.05. The van der Waals surface area contributed by atoms with E-state index in [1.54, 1.807) is 11.3 Å². The first kappa shape index (κ1) is 20.6. The zero-order chi connectivity index (χ0) is 22.2.